The van der Waals surface area contributed by atoms with E-state index in [1.165, 1.54) is 0 Å². The zero-order valence-electron chi connectivity index (χ0n) is 11.0. The summed E-state index contributed by atoms with van der Waals surface area (Å²) in [5, 5.41) is 8.41. The summed E-state index contributed by atoms with van der Waals surface area (Å²) in [4.78, 5) is 4.37. The number of nitrogens with zero attached hydrogens (tertiary/aromatic N) is 3. The fourth-order valence-corrected chi connectivity index (χ4v) is 1.91. The highest BCUT2D eigenvalue weighted by Crippen LogP contribution is 2.21. The molecule has 0 aliphatic heterocycles. The molecule has 0 amide bonds. The van der Waals surface area contributed by atoms with Crippen molar-refractivity contribution in [3.05, 3.63) is 60.8 Å². The van der Waals surface area contributed by atoms with Crippen LogP contribution in [-0.4, -0.2) is 22.3 Å². The molecule has 2 aromatic carbocycles. The van der Waals surface area contributed by atoms with Crippen LogP contribution in [0.1, 0.15) is 0 Å². The number of benzene rings is 2. The van der Waals surface area contributed by atoms with Crippen LogP contribution in [0.3, 0.4) is 0 Å². The summed E-state index contributed by atoms with van der Waals surface area (Å²) in [6.45, 7) is 0. The maximum absolute atomic E-state index is 5.19. The monoisotopic (exact) mass is 263 g/mol. The Kier molecular flexibility index (Phi) is 3.37. The highest BCUT2D eigenvalue weighted by Gasteiger charge is 2.05. The summed E-state index contributed by atoms with van der Waals surface area (Å²) in [5.41, 5.74) is 2.65. The molecule has 3 rings (SSSR count). The minimum absolute atomic E-state index is 0.587. The van der Waals surface area contributed by atoms with Gasteiger partial charge in [0.05, 0.1) is 13.3 Å². The van der Waals surface area contributed by atoms with Gasteiger partial charge in [-0.1, -0.05) is 42.5 Å². The summed E-state index contributed by atoms with van der Waals surface area (Å²) in [5.74, 6) is 1.36. The van der Waals surface area contributed by atoms with E-state index in [2.05, 4.69) is 15.2 Å². The first-order valence-electron chi connectivity index (χ1n) is 6.26. The van der Waals surface area contributed by atoms with Crippen LogP contribution in [0.2, 0.25) is 0 Å². The summed E-state index contributed by atoms with van der Waals surface area (Å²) < 4.78 is 5.19. The van der Waals surface area contributed by atoms with Gasteiger partial charge in [-0.25, -0.2) is 4.98 Å². The second-order valence-electron chi connectivity index (χ2n) is 4.27. The second-order valence-corrected chi connectivity index (χ2v) is 4.27. The minimum Gasteiger partial charge on any atom is -0.497 e. The molecular formula is C16H13N3O. The molecule has 0 aliphatic rings. The van der Waals surface area contributed by atoms with Gasteiger partial charge in [-0.3, -0.25) is 0 Å². The third-order valence-corrected chi connectivity index (χ3v) is 2.96. The van der Waals surface area contributed by atoms with Crippen molar-refractivity contribution in [2.45, 2.75) is 0 Å². The van der Waals surface area contributed by atoms with Crippen LogP contribution in [0.15, 0.2) is 60.8 Å². The molecule has 0 unspecified atom stereocenters. The molecule has 1 aromatic heterocycles. The van der Waals surface area contributed by atoms with E-state index in [1.807, 2.05) is 54.6 Å². The SMILES string of the molecule is COc1cccc(-c2ncc(-c3ccccc3)nn2)c1. The van der Waals surface area contributed by atoms with E-state index in [0.29, 0.717) is 5.82 Å². The van der Waals surface area contributed by atoms with Crippen LogP contribution in [0, 0.1) is 0 Å². The van der Waals surface area contributed by atoms with Crippen LogP contribution in [0.25, 0.3) is 22.6 Å². The first kappa shape index (κ1) is 12.3. The number of aromatic nitrogens is 3. The van der Waals surface area contributed by atoms with Crippen molar-refractivity contribution in [2.75, 3.05) is 7.11 Å². The highest BCUT2D eigenvalue weighted by atomic mass is 16.5. The van der Waals surface area contributed by atoms with Gasteiger partial charge in [0.15, 0.2) is 5.82 Å². The summed E-state index contributed by atoms with van der Waals surface area (Å²) in [6, 6.07) is 17.5. The van der Waals surface area contributed by atoms with Gasteiger partial charge in [-0.2, -0.15) is 0 Å². The molecule has 0 saturated carbocycles. The van der Waals surface area contributed by atoms with Crippen molar-refractivity contribution >= 4 is 0 Å². The Bertz CT molecular complexity index is 696. The second kappa shape index (κ2) is 5.48. The predicted molar refractivity (Wildman–Crippen MR) is 77.3 cm³/mol. The largest absolute Gasteiger partial charge is 0.497 e. The Morgan fingerprint density at radius 3 is 2.35 bits per heavy atom. The van der Waals surface area contributed by atoms with Gasteiger partial charge in [0.25, 0.3) is 0 Å². The average molecular weight is 263 g/mol. The molecule has 98 valence electrons. The van der Waals surface area contributed by atoms with Gasteiger partial charge in [0.1, 0.15) is 11.4 Å². The smallest absolute Gasteiger partial charge is 0.181 e. The maximum Gasteiger partial charge on any atom is 0.181 e. The molecule has 3 aromatic rings. The Balaban J connectivity index is 1.93. The van der Waals surface area contributed by atoms with Gasteiger partial charge < -0.3 is 4.74 Å². The van der Waals surface area contributed by atoms with Gasteiger partial charge in [-0.05, 0) is 12.1 Å². The lowest BCUT2D eigenvalue weighted by atomic mass is 10.1. The fourth-order valence-electron chi connectivity index (χ4n) is 1.91. The van der Waals surface area contributed by atoms with Gasteiger partial charge >= 0.3 is 0 Å². The molecule has 0 bridgehead atoms. The summed E-state index contributed by atoms with van der Waals surface area (Å²) >= 11 is 0. The van der Waals surface area contributed by atoms with Crippen LogP contribution in [-0.2, 0) is 0 Å². The fraction of sp³-hybridized carbons (Fsp3) is 0.0625. The van der Waals surface area contributed by atoms with E-state index in [9.17, 15) is 0 Å². The van der Waals surface area contributed by atoms with Crippen molar-refractivity contribution in [3.63, 3.8) is 0 Å². The van der Waals surface area contributed by atoms with Gasteiger partial charge in [-0.15, -0.1) is 10.2 Å². The molecular weight excluding hydrogens is 250 g/mol. The number of hydrogen-bond donors (Lipinski definition) is 0. The standard InChI is InChI=1S/C16H13N3O/c1-20-14-9-5-8-13(10-14)16-17-11-15(18-19-16)12-6-3-2-4-7-12/h2-11H,1H3. The molecule has 4 heteroatoms. The van der Waals surface area contributed by atoms with E-state index in [4.69, 9.17) is 4.74 Å². The topological polar surface area (TPSA) is 47.9 Å². The van der Waals surface area contributed by atoms with Gasteiger partial charge in [0.2, 0.25) is 0 Å². The molecule has 4 nitrogen and oxygen atoms in total. The van der Waals surface area contributed by atoms with Crippen molar-refractivity contribution in [1.82, 2.24) is 15.2 Å². The average Bonchev–Trinajstić information content (AvgIpc) is 2.56. The van der Waals surface area contributed by atoms with Crippen LogP contribution in [0.4, 0.5) is 0 Å². The molecule has 0 atom stereocenters. The summed E-state index contributed by atoms with van der Waals surface area (Å²) in [6.07, 6.45) is 1.73. The number of hydrogen-bond acceptors (Lipinski definition) is 4. The zero-order chi connectivity index (χ0) is 13.8. The molecule has 0 fully saturated rings. The first-order chi connectivity index (χ1) is 9.86. The van der Waals surface area contributed by atoms with E-state index >= 15 is 0 Å². The summed E-state index contributed by atoms with van der Waals surface area (Å²) in [7, 11) is 1.64. The normalized spacial score (nSPS) is 10.2. The van der Waals surface area contributed by atoms with Crippen molar-refractivity contribution in [3.8, 4) is 28.4 Å². The zero-order valence-corrected chi connectivity index (χ0v) is 11.0. The molecule has 0 aliphatic carbocycles. The number of rotatable bonds is 3. The Morgan fingerprint density at radius 1 is 0.850 bits per heavy atom. The lowest BCUT2D eigenvalue weighted by Crippen LogP contribution is -1.95. The van der Waals surface area contributed by atoms with Crippen molar-refractivity contribution < 1.29 is 4.74 Å². The van der Waals surface area contributed by atoms with Gasteiger partial charge in [0, 0.05) is 11.1 Å². The Labute approximate surface area is 117 Å². The minimum atomic E-state index is 0.587. The first-order valence-corrected chi connectivity index (χ1v) is 6.26. The molecule has 1 heterocycles. The lowest BCUT2D eigenvalue weighted by Gasteiger charge is -2.04. The van der Waals surface area contributed by atoms with E-state index in [0.717, 1.165) is 22.6 Å². The molecule has 20 heavy (non-hydrogen) atoms. The Morgan fingerprint density at radius 2 is 1.65 bits per heavy atom. The van der Waals surface area contributed by atoms with Crippen LogP contribution >= 0.6 is 0 Å². The molecule has 0 saturated heterocycles. The number of ether oxygens (including phenoxy) is 1. The van der Waals surface area contributed by atoms with Crippen LogP contribution in [0.5, 0.6) is 5.75 Å². The molecule has 0 spiro atoms. The Hall–Kier alpha value is -2.75. The van der Waals surface area contributed by atoms with E-state index in [-0.39, 0.29) is 0 Å². The van der Waals surface area contributed by atoms with E-state index < -0.39 is 0 Å². The van der Waals surface area contributed by atoms with E-state index in [1.54, 1.807) is 13.3 Å². The van der Waals surface area contributed by atoms with Crippen LogP contribution < -0.4 is 4.74 Å². The lowest BCUT2D eigenvalue weighted by molar-refractivity contribution is 0.415. The van der Waals surface area contributed by atoms with Crippen molar-refractivity contribution in [1.29, 1.82) is 0 Å². The maximum atomic E-state index is 5.19. The highest BCUT2D eigenvalue weighted by molar-refractivity contribution is 5.60. The quantitative estimate of drug-likeness (QED) is 0.728. The molecule has 0 radical (unpaired) electrons. The third kappa shape index (κ3) is 2.49. The predicted octanol–water partition coefficient (Wildman–Crippen LogP) is 3.21. The molecule has 0 N–H and O–H groups in total. The third-order valence-electron chi connectivity index (χ3n) is 2.96. The van der Waals surface area contributed by atoms with Crippen molar-refractivity contribution in [2.24, 2.45) is 0 Å². The number of methoxy groups -OCH3 is 1.